The molecule has 1 heterocycles. The highest BCUT2D eigenvalue weighted by Gasteiger charge is 2.39. The largest absolute Gasteiger partial charge is 0.394 e. The third-order valence-corrected chi connectivity index (χ3v) is 4.16. The van der Waals surface area contributed by atoms with Gasteiger partial charge < -0.3 is 10.4 Å². The van der Waals surface area contributed by atoms with Gasteiger partial charge in [-0.2, -0.15) is 5.10 Å². The maximum absolute atomic E-state index is 9.68. The van der Waals surface area contributed by atoms with Crippen LogP contribution in [0, 0.1) is 0 Å². The van der Waals surface area contributed by atoms with Gasteiger partial charge in [0.1, 0.15) is 5.82 Å². The van der Waals surface area contributed by atoms with E-state index in [0.29, 0.717) is 6.04 Å². The summed E-state index contributed by atoms with van der Waals surface area (Å²) in [6.07, 6.45) is 4.80. The summed E-state index contributed by atoms with van der Waals surface area (Å²) >= 11 is 0. The molecular formula is C14H26N4O. The van der Waals surface area contributed by atoms with Gasteiger partial charge in [-0.3, -0.25) is 0 Å². The molecule has 19 heavy (non-hydrogen) atoms. The molecule has 0 saturated heterocycles. The van der Waals surface area contributed by atoms with Gasteiger partial charge in [0, 0.05) is 18.4 Å². The van der Waals surface area contributed by atoms with E-state index in [1.54, 1.807) is 0 Å². The second-order valence-electron chi connectivity index (χ2n) is 5.46. The number of aliphatic hydroxyl groups excluding tert-OH is 1. The van der Waals surface area contributed by atoms with Crippen molar-refractivity contribution in [1.29, 1.82) is 0 Å². The van der Waals surface area contributed by atoms with Gasteiger partial charge in [0.25, 0.3) is 0 Å². The first kappa shape index (κ1) is 14.5. The lowest BCUT2D eigenvalue weighted by molar-refractivity contribution is 0.161. The zero-order chi connectivity index (χ0) is 13.9. The summed E-state index contributed by atoms with van der Waals surface area (Å²) < 4.78 is 2.10. The maximum atomic E-state index is 9.68. The summed E-state index contributed by atoms with van der Waals surface area (Å²) in [7, 11) is 0. The van der Waals surface area contributed by atoms with Crippen LogP contribution in [0.25, 0.3) is 0 Å². The van der Waals surface area contributed by atoms with Crippen molar-refractivity contribution in [3.05, 3.63) is 11.6 Å². The van der Waals surface area contributed by atoms with E-state index >= 15 is 0 Å². The van der Waals surface area contributed by atoms with Crippen molar-refractivity contribution in [2.24, 2.45) is 0 Å². The number of aryl methyl sites for hydroxylation is 2. The highest BCUT2D eigenvalue weighted by molar-refractivity contribution is 5.02. The molecule has 0 aliphatic heterocycles. The molecule has 2 rings (SSSR count). The van der Waals surface area contributed by atoms with Crippen LogP contribution in [-0.4, -0.2) is 38.6 Å². The van der Waals surface area contributed by atoms with Crippen LogP contribution in [-0.2, 0) is 12.8 Å². The molecule has 1 aromatic rings. The highest BCUT2D eigenvalue weighted by atomic mass is 16.3. The molecule has 0 radical (unpaired) electrons. The Kier molecular flexibility index (Phi) is 4.58. The number of hydrogen-bond donors (Lipinski definition) is 2. The number of rotatable bonds is 6. The number of nitrogens with one attached hydrogen (secondary N) is 1. The molecule has 2 atom stereocenters. The van der Waals surface area contributed by atoms with Gasteiger partial charge in [0.15, 0.2) is 5.82 Å². The van der Waals surface area contributed by atoms with E-state index in [1.807, 2.05) is 0 Å². The molecule has 2 N–H and O–H groups in total. The first-order chi connectivity index (χ1) is 9.18. The summed E-state index contributed by atoms with van der Waals surface area (Å²) in [5, 5.41) is 17.8. The van der Waals surface area contributed by atoms with E-state index in [2.05, 4.69) is 40.9 Å². The molecule has 0 spiro atoms. The van der Waals surface area contributed by atoms with Crippen LogP contribution in [0.4, 0.5) is 0 Å². The van der Waals surface area contributed by atoms with Gasteiger partial charge in [0.2, 0.25) is 0 Å². The Morgan fingerprint density at radius 1 is 1.37 bits per heavy atom. The standard InChI is InChI=1S/C14H26N4O/c1-4-12-16-13(5-2)18(17-12)11-7-8-14(9-11,10-19)15-6-3/h11,15,19H,4-10H2,1-3H3. The predicted molar refractivity (Wildman–Crippen MR) is 75.2 cm³/mol. The fraction of sp³-hybridized carbons (Fsp3) is 0.857. The van der Waals surface area contributed by atoms with Crippen LogP contribution in [0.2, 0.25) is 0 Å². The molecule has 1 aliphatic carbocycles. The molecule has 5 nitrogen and oxygen atoms in total. The van der Waals surface area contributed by atoms with E-state index < -0.39 is 0 Å². The summed E-state index contributed by atoms with van der Waals surface area (Å²) in [6.45, 7) is 7.40. The van der Waals surface area contributed by atoms with Crippen molar-refractivity contribution >= 4 is 0 Å². The summed E-state index contributed by atoms with van der Waals surface area (Å²) in [5.74, 6) is 2.01. The molecule has 0 aromatic carbocycles. The van der Waals surface area contributed by atoms with Gasteiger partial charge in [-0.25, -0.2) is 9.67 Å². The van der Waals surface area contributed by atoms with Gasteiger partial charge in [-0.05, 0) is 25.8 Å². The van der Waals surface area contributed by atoms with E-state index in [4.69, 9.17) is 0 Å². The monoisotopic (exact) mass is 266 g/mol. The number of nitrogens with zero attached hydrogens (tertiary/aromatic N) is 3. The van der Waals surface area contributed by atoms with Gasteiger partial charge in [-0.15, -0.1) is 0 Å². The molecule has 5 heteroatoms. The van der Waals surface area contributed by atoms with Crippen molar-refractivity contribution in [3.8, 4) is 0 Å². The van der Waals surface area contributed by atoms with Crippen LogP contribution < -0.4 is 5.32 Å². The van der Waals surface area contributed by atoms with Gasteiger partial charge in [-0.1, -0.05) is 20.8 Å². The van der Waals surface area contributed by atoms with E-state index in [1.165, 1.54) is 0 Å². The molecule has 0 amide bonds. The van der Waals surface area contributed by atoms with Crippen LogP contribution in [0.3, 0.4) is 0 Å². The quantitative estimate of drug-likeness (QED) is 0.818. The first-order valence-electron chi connectivity index (χ1n) is 7.48. The lowest BCUT2D eigenvalue weighted by atomic mass is 9.98. The molecule has 0 bridgehead atoms. The molecule has 1 saturated carbocycles. The molecular weight excluding hydrogens is 240 g/mol. The number of hydrogen-bond acceptors (Lipinski definition) is 4. The lowest BCUT2D eigenvalue weighted by Crippen LogP contribution is -2.46. The van der Waals surface area contributed by atoms with Crippen molar-refractivity contribution in [2.75, 3.05) is 13.2 Å². The van der Waals surface area contributed by atoms with Gasteiger partial charge >= 0.3 is 0 Å². The van der Waals surface area contributed by atoms with E-state index in [-0.39, 0.29) is 12.1 Å². The Hall–Kier alpha value is -0.940. The maximum Gasteiger partial charge on any atom is 0.150 e. The molecule has 1 aliphatic rings. The number of likely N-dealkylation sites (N-methyl/N-ethyl adjacent to an activating group) is 1. The Morgan fingerprint density at radius 3 is 2.74 bits per heavy atom. The van der Waals surface area contributed by atoms with E-state index in [0.717, 1.165) is 50.3 Å². The summed E-state index contributed by atoms with van der Waals surface area (Å²) in [4.78, 5) is 4.58. The zero-order valence-electron chi connectivity index (χ0n) is 12.3. The SMILES string of the molecule is CCNC1(CO)CCC(n2nc(CC)nc2CC)C1. The fourth-order valence-corrected chi connectivity index (χ4v) is 3.13. The number of aliphatic hydroxyl groups is 1. The Labute approximate surface area is 115 Å². The average Bonchev–Trinajstić information content (AvgIpc) is 3.03. The second-order valence-corrected chi connectivity index (χ2v) is 5.46. The molecule has 108 valence electrons. The van der Waals surface area contributed by atoms with Crippen molar-refractivity contribution in [1.82, 2.24) is 20.1 Å². The molecule has 1 fully saturated rings. The highest BCUT2D eigenvalue weighted by Crippen LogP contribution is 2.37. The topological polar surface area (TPSA) is 63.0 Å². The lowest BCUT2D eigenvalue weighted by Gasteiger charge is -2.28. The average molecular weight is 266 g/mol. The number of aromatic nitrogens is 3. The molecule has 1 aromatic heterocycles. The van der Waals surface area contributed by atoms with E-state index in [9.17, 15) is 5.11 Å². The van der Waals surface area contributed by atoms with Crippen molar-refractivity contribution in [3.63, 3.8) is 0 Å². The molecule has 2 unspecified atom stereocenters. The predicted octanol–water partition coefficient (Wildman–Crippen LogP) is 1.47. The normalized spacial score (nSPS) is 27.1. The van der Waals surface area contributed by atoms with Crippen LogP contribution >= 0.6 is 0 Å². The first-order valence-corrected chi connectivity index (χ1v) is 7.48. The Morgan fingerprint density at radius 2 is 2.16 bits per heavy atom. The van der Waals surface area contributed by atoms with Crippen molar-refractivity contribution in [2.45, 2.75) is 64.5 Å². The van der Waals surface area contributed by atoms with Gasteiger partial charge in [0.05, 0.1) is 12.6 Å². The second kappa shape index (κ2) is 6.01. The third-order valence-electron chi connectivity index (χ3n) is 4.16. The van der Waals surface area contributed by atoms with Crippen molar-refractivity contribution < 1.29 is 5.11 Å². The minimum Gasteiger partial charge on any atom is -0.394 e. The summed E-state index contributed by atoms with van der Waals surface area (Å²) in [5.41, 5.74) is -0.122. The van der Waals surface area contributed by atoms with Crippen LogP contribution in [0.5, 0.6) is 0 Å². The summed E-state index contributed by atoms with van der Waals surface area (Å²) in [6, 6.07) is 0.369. The minimum absolute atomic E-state index is 0.122. The Balaban J connectivity index is 2.17. The zero-order valence-corrected chi connectivity index (χ0v) is 12.3. The smallest absolute Gasteiger partial charge is 0.150 e. The van der Waals surface area contributed by atoms with Crippen LogP contribution in [0.15, 0.2) is 0 Å². The Bertz CT molecular complexity index is 418. The minimum atomic E-state index is -0.122. The third kappa shape index (κ3) is 2.82. The van der Waals surface area contributed by atoms with Crippen LogP contribution in [0.1, 0.15) is 57.7 Å². The fourth-order valence-electron chi connectivity index (χ4n) is 3.13.